The van der Waals surface area contributed by atoms with Crippen LogP contribution in [0.3, 0.4) is 0 Å². The van der Waals surface area contributed by atoms with Gasteiger partial charge in [-0.3, -0.25) is 0 Å². The first-order chi connectivity index (χ1) is 10.5. The van der Waals surface area contributed by atoms with E-state index in [0.717, 1.165) is 12.2 Å². The Hall–Kier alpha value is -0.830. The van der Waals surface area contributed by atoms with E-state index < -0.39 is 10.0 Å². The summed E-state index contributed by atoms with van der Waals surface area (Å²) in [7, 11) is -1.68. The number of thioether (sulfide) groups is 1. The highest BCUT2D eigenvalue weighted by molar-refractivity contribution is 7.99. The average Bonchev–Trinajstić information content (AvgIpc) is 3.04. The molecule has 2 aromatic heterocycles. The van der Waals surface area contributed by atoms with Gasteiger partial charge in [-0.1, -0.05) is 6.07 Å². The normalized spacial score (nSPS) is 20.9. The molecule has 0 unspecified atom stereocenters. The van der Waals surface area contributed by atoms with Gasteiger partial charge in [-0.2, -0.15) is 16.1 Å². The highest BCUT2D eigenvalue weighted by atomic mass is 32.2. The number of hydrogen-bond acceptors (Lipinski definition) is 5. The Morgan fingerprint density at radius 3 is 2.82 bits per heavy atom. The Kier molecular flexibility index (Phi) is 4.63. The molecule has 0 radical (unpaired) electrons. The van der Waals surface area contributed by atoms with E-state index in [-0.39, 0.29) is 5.03 Å². The number of nitrogens with zero attached hydrogens (tertiary/aromatic N) is 3. The Bertz CT molecular complexity index is 718. The molecule has 3 heterocycles. The van der Waals surface area contributed by atoms with Crippen LogP contribution >= 0.6 is 23.1 Å². The molecular formula is C14H19N3O2S3. The molecule has 3 rings (SSSR count). The second kappa shape index (κ2) is 6.35. The lowest BCUT2D eigenvalue weighted by Crippen LogP contribution is -2.33. The van der Waals surface area contributed by atoms with E-state index in [1.165, 1.54) is 4.88 Å². The van der Waals surface area contributed by atoms with Crippen molar-refractivity contribution in [3.63, 3.8) is 0 Å². The maximum absolute atomic E-state index is 12.7. The summed E-state index contributed by atoms with van der Waals surface area (Å²) < 4.78 is 28.8. The minimum atomic E-state index is -3.49. The molecule has 1 aliphatic heterocycles. The summed E-state index contributed by atoms with van der Waals surface area (Å²) in [4.78, 5) is 5.52. The highest BCUT2D eigenvalue weighted by Gasteiger charge is 2.30. The van der Waals surface area contributed by atoms with Crippen LogP contribution in [-0.2, 0) is 17.1 Å². The maximum atomic E-state index is 12.7. The number of rotatable bonds is 3. The van der Waals surface area contributed by atoms with Gasteiger partial charge in [-0.25, -0.2) is 13.4 Å². The summed E-state index contributed by atoms with van der Waals surface area (Å²) in [6.07, 6.45) is 2.44. The lowest BCUT2D eigenvalue weighted by molar-refractivity contribution is 0.426. The number of imidazole rings is 1. The van der Waals surface area contributed by atoms with Gasteiger partial charge >= 0.3 is 0 Å². The number of hydrogen-bond donors (Lipinski definition) is 0. The van der Waals surface area contributed by atoms with Crippen LogP contribution in [-0.4, -0.2) is 41.1 Å². The molecule has 0 spiro atoms. The zero-order valence-electron chi connectivity index (χ0n) is 12.6. The summed E-state index contributed by atoms with van der Waals surface area (Å²) in [5.74, 6) is 1.52. The van der Waals surface area contributed by atoms with Crippen molar-refractivity contribution in [2.45, 2.75) is 23.6 Å². The van der Waals surface area contributed by atoms with E-state index in [9.17, 15) is 8.42 Å². The molecule has 5 nitrogen and oxygen atoms in total. The molecule has 0 N–H and O–H groups in total. The third kappa shape index (κ3) is 3.10. The van der Waals surface area contributed by atoms with Gasteiger partial charge in [0.05, 0.1) is 0 Å². The van der Waals surface area contributed by atoms with Gasteiger partial charge in [0.1, 0.15) is 5.82 Å². The molecule has 8 heteroatoms. The number of aromatic nitrogens is 2. The van der Waals surface area contributed by atoms with Crippen LogP contribution in [0.4, 0.5) is 0 Å². The van der Waals surface area contributed by atoms with Gasteiger partial charge in [0.2, 0.25) is 0 Å². The molecule has 0 bridgehead atoms. The largest absolute Gasteiger partial charge is 0.337 e. The predicted octanol–water partition coefficient (Wildman–Crippen LogP) is 2.66. The van der Waals surface area contributed by atoms with Crippen molar-refractivity contribution in [1.82, 2.24) is 13.9 Å². The van der Waals surface area contributed by atoms with E-state index in [1.54, 1.807) is 26.4 Å². The Morgan fingerprint density at radius 1 is 1.36 bits per heavy atom. The molecule has 22 heavy (non-hydrogen) atoms. The van der Waals surface area contributed by atoms with Gasteiger partial charge in [0.25, 0.3) is 10.0 Å². The van der Waals surface area contributed by atoms with Crippen LogP contribution in [0.25, 0.3) is 0 Å². The first-order valence-electron chi connectivity index (χ1n) is 7.13. The van der Waals surface area contributed by atoms with Gasteiger partial charge in [-0.15, -0.1) is 11.3 Å². The SMILES string of the molecule is Cc1nc(S(=O)(=O)N2CCS[C@H](c3cccs3)CC2)cn1C. The van der Waals surface area contributed by atoms with E-state index in [2.05, 4.69) is 22.5 Å². The van der Waals surface area contributed by atoms with E-state index in [0.29, 0.717) is 24.2 Å². The van der Waals surface area contributed by atoms with E-state index >= 15 is 0 Å². The Morgan fingerprint density at radius 2 is 2.18 bits per heavy atom. The van der Waals surface area contributed by atoms with Crippen molar-refractivity contribution >= 4 is 33.1 Å². The second-order valence-electron chi connectivity index (χ2n) is 5.30. The molecule has 1 atom stereocenters. The lowest BCUT2D eigenvalue weighted by atomic mass is 10.2. The fourth-order valence-corrected chi connectivity index (χ4v) is 6.31. The summed E-state index contributed by atoms with van der Waals surface area (Å²) in [6.45, 7) is 2.90. The molecule has 120 valence electrons. The lowest BCUT2D eigenvalue weighted by Gasteiger charge is -2.18. The average molecular weight is 358 g/mol. The van der Waals surface area contributed by atoms with Crippen LogP contribution in [0.15, 0.2) is 28.7 Å². The van der Waals surface area contributed by atoms with Crippen LogP contribution in [0.1, 0.15) is 22.4 Å². The topological polar surface area (TPSA) is 55.2 Å². The molecule has 0 amide bonds. The zero-order chi connectivity index (χ0) is 15.7. The van der Waals surface area contributed by atoms with Crippen molar-refractivity contribution in [2.75, 3.05) is 18.8 Å². The van der Waals surface area contributed by atoms with Crippen LogP contribution in [0.2, 0.25) is 0 Å². The van der Waals surface area contributed by atoms with Gasteiger partial charge in [0.15, 0.2) is 5.03 Å². The van der Waals surface area contributed by atoms with Crippen LogP contribution in [0.5, 0.6) is 0 Å². The molecule has 1 saturated heterocycles. The summed E-state index contributed by atoms with van der Waals surface area (Å²) >= 11 is 3.59. The molecular weight excluding hydrogens is 338 g/mol. The smallest absolute Gasteiger partial charge is 0.262 e. The highest BCUT2D eigenvalue weighted by Crippen LogP contribution is 2.37. The quantitative estimate of drug-likeness (QED) is 0.847. The summed E-state index contributed by atoms with van der Waals surface area (Å²) in [5, 5.41) is 2.63. The fourth-order valence-electron chi connectivity index (χ4n) is 2.48. The molecule has 0 saturated carbocycles. The van der Waals surface area contributed by atoms with Gasteiger partial charge < -0.3 is 4.57 Å². The summed E-state index contributed by atoms with van der Waals surface area (Å²) in [5.41, 5.74) is 0. The van der Waals surface area contributed by atoms with Crippen molar-refractivity contribution in [1.29, 1.82) is 0 Å². The minimum absolute atomic E-state index is 0.159. The fraction of sp³-hybridized carbons (Fsp3) is 0.500. The predicted molar refractivity (Wildman–Crippen MR) is 90.8 cm³/mol. The molecule has 1 aliphatic rings. The van der Waals surface area contributed by atoms with Crippen molar-refractivity contribution in [2.24, 2.45) is 7.05 Å². The van der Waals surface area contributed by atoms with Crippen molar-refractivity contribution in [3.05, 3.63) is 34.4 Å². The van der Waals surface area contributed by atoms with Crippen molar-refractivity contribution < 1.29 is 8.42 Å². The Labute approximate surface area is 139 Å². The number of thiophene rings is 1. The molecule has 0 aliphatic carbocycles. The van der Waals surface area contributed by atoms with Gasteiger partial charge in [0, 0.05) is 42.2 Å². The van der Waals surface area contributed by atoms with Crippen LogP contribution in [0, 0.1) is 6.92 Å². The van der Waals surface area contributed by atoms with E-state index in [4.69, 9.17) is 0 Å². The van der Waals surface area contributed by atoms with Crippen molar-refractivity contribution in [3.8, 4) is 0 Å². The first-order valence-corrected chi connectivity index (χ1v) is 10.5. The standard InChI is InChI=1S/C14H19N3O2S3/c1-11-15-14(10-16(11)2)22(18,19)17-6-5-13(21-9-7-17)12-4-3-8-20-12/h3-4,8,10,13H,5-7,9H2,1-2H3/t13-/m0/s1. The zero-order valence-corrected chi connectivity index (χ0v) is 15.0. The third-order valence-electron chi connectivity index (χ3n) is 3.85. The van der Waals surface area contributed by atoms with Gasteiger partial charge in [-0.05, 0) is 24.8 Å². The number of aryl methyl sites for hydroxylation is 2. The monoisotopic (exact) mass is 357 g/mol. The number of sulfonamides is 1. The molecule has 1 fully saturated rings. The maximum Gasteiger partial charge on any atom is 0.262 e. The van der Waals surface area contributed by atoms with E-state index in [1.807, 2.05) is 25.7 Å². The van der Waals surface area contributed by atoms with Crippen LogP contribution < -0.4 is 0 Å². The molecule has 2 aromatic rings. The second-order valence-corrected chi connectivity index (χ2v) is 9.48. The molecule has 0 aromatic carbocycles. The third-order valence-corrected chi connectivity index (χ3v) is 8.07. The minimum Gasteiger partial charge on any atom is -0.337 e. The Balaban J connectivity index is 1.78. The summed E-state index contributed by atoms with van der Waals surface area (Å²) in [6, 6.07) is 4.19. The first kappa shape index (κ1) is 16.0.